The number of likely N-dealkylation sites (tertiary alicyclic amines) is 1. The minimum absolute atomic E-state index is 0.158. The molecule has 0 radical (unpaired) electrons. The summed E-state index contributed by atoms with van der Waals surface area (Å²) in [6.07, 6.45) is -1.58. The first-order chi connectivity index (χ1) is 27.7. The molecule has 1 aliphatic heterocycles. The summed E-state index contributed by atoms with van der Waals surface area (Å²) < 4.78 is 6.18. The molecule has 1 fully saturated rings. The summed E-state index contributed by atoms with van der Waals surface area (Å²) in [7, 11) is 1.75. The van der Waals surface area contributed by atoms with Gasteiger partial charge in [0.15, 0.2) is 0 Å². The van der Waals surface area contributed by atoms with Gasteiger partial charge >= 0.3 is 12.2 Å². The fraction of sp³-hybridized carbons (Fsp3) is 0.244. The van der Waals surface area contributed by atoms with Gasteiger partial charge in [-0.15, -0.1) is 0 Å². The summed E-state index contributed by atoms with van der Waals surface area (Å²) in [5.74, 6) is -0.338. The number of ether oxygens (including phenoxy) is 1. The molecular weight excluding hydrogens is 721 g/mol. The number of carbonyl (C=O) groups is 4. The third-order valence-electron chi connectivity index (χ3n) is 9.82. The van der Waals surface area contributed by atoms with Gasteiger partial charge < -0.3 is 30.3 Å². The van der Waals surface area contributed by atoms with E-state index in [0.717, 1.165) is 21.1 Å². The van der Waals surface area contributed by atoms with Crippen molar-refractivity contribution in [3.8, 4) is 22.3 Å². The highest BCUT2D eigenvalue weighted by Crippen LogP contribution is 2.38. The number of hydrogen-bond acceptors (Lipinski definition) is 7. The molecule has 3 N–H and O–H groups in total. The molecule has 4 amide bonds. The number of carbonyl (C=O) groups excluding carboxylic acids is 3. The molecule has 6 rings (SSSR count). The molecule has 0 spiro atoms. The van der Waals surface area contributed by atoms with Gasteiger partial charge in [0.05, 0.1) is 17.9 Å². The van der Waals surface area contributed by atoms with E-state index in [0.29, 0.717) is 79.3 Å². The predicted octanol–water partition coefficient (Wildman–Crippen LogP) is 7.85. The first kappa shape index (κ1) is 40.2. The maximum Gasteiger partial charge on any atom is 0.434 e. The van der Waals surface area contributed by atoms with Gasteiger partial charge in [0.2, 0.25) is 5.91 Å². The van der Waals surface area contributed by atoms with Crippen molar-refractivity contribution in [3.63, 3.8) is 0 Å². The molecule has 0 bridgehead atoms. The van der Waals surface area contributed by atoms with Crippen LogP contribution in [-0.4, -0.2) is 91.3 Å². The van der Waals surface area contributed by atoms with E-state index in [4.69, 9.17) is 4.74 Å². The normalized spacial score (nSPS) is 13.0. The van der Waals surface area contributed by atoms with Crippen molar-refractivity contribution in [2.75, 3.05) is 61.7 Å². The largest absolute Gasteiger partial charge is 0.463 e. The zero-order chi connectivity index (χ0) is 40.1. The van der Waals surface area contributed by atoms with Gasteiger partial charge in [-0.1, -0.05) is 110 Å². The Balaban J connectivity index is 1.16. The average molecular weight is 769 g/mol. The number of nitrogens with one attached hydrogen (secondary N) is 2. The Labute approximate surface area is 333 Å². The van der Waals surface area contributed by atoms with Crippen LogP contribution in [0.25, 0.3) is 22.3 Å². The summed E-state index contributed by atoms with van der Waals surface area (Å²) in [4.78, 5) is 57.2. The van der Waals surface area contributed by atoms with E-state index >= 15 is 0 Å². The van der Waals surface area contributed by atoms with E-state index in [2.05, 4.69) is 15.5 Å². The molecule has 5 aromatic carbocycles. The zero-order valence-electron chi connectivity index (χ0n) is 32.2. The number of benzene rings is 5. The van der Waals surface area contributed by atoms with Crippen LogP contribution in [0.15, 0.2) is 133 Å². The van der Waals surface area contributed by atoms with E-state index in [-0.39, 0.29) is 18.4 Å². The highest BCUT2D eigenvalue weighted by Gasteiger charge is 2.36. The Hall–Kier alpha value is -6.50. The molecule has 1 saturated heterocycles. The molecule has 0 aromatic heterocycles. The molecule has 5 aromatic rings. The Bertz CT molecular complexity index is 2140. The average Bonchev–Trinajstić information content (AvgIpc) is 3.24. The van der Waals surface area contributed by atoms with E-state index in [1.165, 1.54) is 0 Å². The van der Waals surface area contributed by atoms with Gasteiger partial charge in [0.1, 0.15) is 6.10 Å². The van der Waals surface area contributed by atoms with Crippen LogP contribution in [0.3, 0.4) is 0 Å². The lowest BCUT2D eigenvalue weighted by atomic mass is 10.0. The van der Waals surface area contributed by atoms with Crippen LogP contribution in [-0.2, 0) is 9.53 Å². The van der Waals surface area contributed by atoms with Gasteiger partial charge in [0.25, 0.3) is 5.91 Å². The van der Waals surface area contributed by atoms with E-state index in [9.17, 15) is 24.3 Å². The standard InChI is InChI=1S/C45H48N6O6/c1-3-46-32-42(52)47-36-20-14-19-35(31-36)43(53)48(2)29-30-49-27-25-37(26-28-49)57-45(56)51(41-24-13-11-22-39(41)34-17-8-5-9-18-34)50(44(54)55)40-23-12-10-21-38(40)33-15-6-4-7-16-33/h4-24,31,37,46H,3,25-30,32H2,1-2H3,(H,47,52)(H,54,55). The fourth-order valence-corrected chi connectivity index (χ4v) is 6.85. The second kappa shape index (κ2) is 19.4. The number of nitrogens with zero attached hydrogens (tertiary/aromatic N) is 4. The van der Waals surface area contributed by atoms with Gasteiger partial charge in [0, 0.05) is 55.6 Å². The Morgan fingerprint density at radius 1 is 0.737 bits per heavy atom. The predicted molar refractivity (Wildman–Crippen MR) is 223 cm³/mol. The highest BCUT2D eigenvalue weighted by molar-refractivity contribution is 6.06. The van der Waals surface area contributed by atoms with Crippen LogP contribution in [0.1, 0.15) is 30.1 Å². The monoisotopic (exact) mass is 768 g/mol. The minimum atomic E-state index is -1.35. The molecule has 0 saturated carbocycles. The Morgan fingerprint density at radius 2 is 1.30 bits per heavy atom. The molecule has 294 valence electrons. The van der Waals surface area contributed by atoms with Crippen LogP contribution in [0.2, 0.25) is 0 Å². The summed E-state index contributed by atoms with van der Waals surface area (Å²) in [5.41, 5.74) is 4.58. The van der Waals surface area contributed by atoms with Gasteiger partial charge in [-0.05, 0) is 60.8 Å². The molecule has 0 unspecified atom stereocenters. The van der Waals surface area contributed by atoms with Gasteiger partial charge in [-0.3, -0.25) is 9.59 Å². The smallest absolute Gasteiger partial charge is 0.434 e. The second-order valence-electron chi connectivity index (χ2n) is 13.7. The Morgan fingerprint density at radius 3 is 1.88 bits per heavy atom. The third kappa shape index (κ3) is 10.2. The van der Waals surface area contributed by atoms with Crippen molar-refractivity contribution >= 4 is 41.1 Å². The second-order valence-corrected chi connectivity index (χ2v) is 13.7. The number of anilines is 3. The number of para-hydroxylation sites is 2. The summed E-state index contributed by atoms with van der Waals surface area (Å²) in [5, 5.41) is 18.8. The van der Waals surface area contributed by atoms with E-state index < -0.39 is 18.3 Å². The van der Waals surface area contributed by atoms with E-state index in [1.807, 2.05) is 91.9 Å². The number of carboxylic acid groups (broad SMARTS) is 1. The Kier molecular flexibility index (Phi) is 13.7. The number of amides is 4. The van der Waals surface area contributed by atoms with Crippen molar-refractivity contribution < 1.29 is 29.0 Å². The molecule has 1 heterocycles. The van der Waals surface area contributed by atoms with Crippen LogP contribution in [0.4, 0.5) is 26.7 Å². The van der Waals surface area contributed by atoms with Crippen molar-refractivity contribution in [1.82, 2.24) is 15.1 Å². The van der Waals surface area contributed by atoms with Crippen LogP contribution < -0.4 is 20.7 Å². The minimum Gasteiger partial charge on any atom is -0.463 e. The zero-order valence-corrected chi connectivity index (χ0v) is 32.2. The van der Waals surface area contributed by atoms with Crippen molar-refractivity contribution in [3.05, 3.63) is 139 Å². The SMILES string of the molecule is CCNCC(=O)Nc1cccc(C(=O)N(C)CCN2CCC(OC(=O)N(c3ccccc3-c3ccccc3)N(C(=O)O)c3ccccc3-c3ccccc3)CC2)c1. The van der Waals surface area contributed by atoms with Crippen molar-refractivity contribution in [1.29, 1.82) is 0 Å². The number of rotatable bonds is 13. The molecule has 57 heavy (non-hydrogen) atoms. The third-order valence-corrected chi connectivity index (χ3v) is 9.82. The van der Waals surface area contributed by atoms with E-state index in [1.54, 1.807) is 60.5 Å². The van der Waals surface area contributed by atoms with Crippen LogP contribution in [0, 0.1) is 0 Å². The van der Waals surface area contributed by atoms with Gasteiger partial charge in [-0.2, -0.15) is 10.0 Å². The number of hydrogen-bond donors (Lipinski definition) is 3. The summed E-state index contributed by atoms with van der Waals surface area (Å²) >= 11 is 0. The lowest BCUT2D eigenvalue weighted by molar-refractivity contribution is -0.115. The number of hydrazine groups is 1. The molecule has 0 aliphatic carbocycles. The van der Waals surface area contributed by atoms with Crippen LogP contribution >= 0.6 is 0 Å². The van der Waals surface area contributed by atoms with Crippen molar-refractivity contribution in [2.24, 2.45) is 0 Å². The highest BCUT2D eigenvalue weighted by atomic mass is 16.6. The van der Waals surface area contributed by atoms with Crippen molar-refractivity contribution in [2.45, 2.75) is 25.9 Å². The summed E-state index contributed by atoms with van der Waals surface area (Å²) in [6, 6.07) is 40.1. The molecule has 12 heteroatoms. The lowest BCUT2D eigenvalue weighted by Crippen LogP contribution is -2.52. The first-order valence-corrected chi connectivity index (χ1v) is 19.1. The first-order valence-electron chi connectivity index (χ1n) is 19.1. The molecule has 1 aliphatic rings. The molecular formula is C45H48N6O6. The fourth-order valence-electron chi connectivity index (χ4n) is 6.85. The number of piperidine rings is 1. The van der Waals surface area contributed by atoms with Crippen LogP contribution in [0.5, 0.6) is 0 Å². The topological polar surface area (TPSA) is 135 Å². The maximum absolute atomic E-state index is 14.5. The van der Waals surface area contributed by atoms with Gasteiger partial charge in [-0.25, -0.2) is 9.59 Å². The maximum atomic E-state index is 14.5. The lowest BCUT2D eigenvalue weighted by Gasteiger charge is -2.37. The molecule has 12 nitrogen and oxygen atoms in total. The molecule has 0 atom stereocenters. The quantitative estimate of drug-likeness (QED) is 0.103. The summed E-state index contributed by atoms with van der Waals surface area (Å²) in [6.45, 7) is 5.11. The number of likely N-dealkylation sites (N-methyl/N-ethyl adjacent to an activating group) is 2.